The van der Waals surface area contributed by atoms with E-state index in [0.717, 1.165) is 5.69 Å². The van der Waals surface area contributed by atoms with E-state index in [2.05, 4.69) is 21.1 Å². The predicted molar refractivity (Wildman–Crippen MR) is 97.2 cm³/mol. The lowest BCUT2D eigenvalue weighted by Gasteiger charge is -2.12. The maximum atomic E-state index is 12.0. The minimum atomic E-state index is -0.321. The normalized spacial score (nSPS) is 11.1. The number of anilines is 2. The molecule has 0 saturated carbocycles. The van der Waals surface area contributed by atoms with Crippen molar-refractivity contribution in [3.63, 3.8) is 0 Å². The van der Waals surface area contributed by atoms with Crippen LogP contribution in [-0.2, 0) is 10.2 Å². The topological polar surface area (TPSA) is 96.3 Å². The summed E-state index contributed by atoms with van der Waals surface area (Å²) in [5, 5.41) is 12.4. The van der Waals surface area contributed by atoms with Gasteiger partial charge < -0.3 is 15.2 Å². The van der Waals surface area contributed by atoms with Gasteiger partial charge in [0.15, 0.2) is 0 Å². The molecule has 2 rings (SSSR count). The monoisotopic (exact) mass is 364 g/mol. The Morgan fingerprint density at radius 1 is 1.24 bits per heavy atom. The minimum Gasteiger partial charge on any atom is -0.375 e. The Hall–Kier alpha value is -2.54. The molecular weight excluding hydrogens is 344 g/mol. The maximum absolute atomic E-state index is 12.0. The van der Waals surface area contributed by atoms with Crippen LogP contribution in [0.15, 0.2) is 28.8 Å². The highest BCUT2D eigenvalue weighted by Crippen LogP contribution is 2.24. The van der Waals surface area contributed by atoms with Crippen molar-refractivity contribution in [2.75, 3.05) is 24.2 Å². The Bertz CT molecular complexity index is 780. The van der Waals surface area contributed by atoms with Crippen molar-refractivity contribution in [2.24, 2.45) is 0 Å². The number of nitrogens with zero attached hydrogens (tertiary/aromatic N) is 1. The van der Waals surface area contributed by atoms with Crippen LogP contribution in [0.4, 0.5) is 11.6 Å². The molecule has 0 radical (unpaired) electrons. The second-order valence-electron chi connectivity index (χ2n) is 6.50. The maximum Gasteiger partial charge on any atom is 0.251 e. The molecule has 2 amide bonds. The van der Waals surface area contributed by atoms with E-state index in [1.54, 1.807) is 31.3 Å². The number of carbonyl (C=O) groups is 2. The van der Waals surface area contributed by atoms with E-state index in [4.69, 9.17) is 16.1 Å². The molecule has 0 aliphatic carbocycles. The molecule has 2 aromatic rings. The molecule has 0 bridgehead atoms. The minimum absolute atomic E-state index is 0.0392. The Kier molecular flexibility index (Phi) is 5.69. The molecular formula is C17H21ClN4O3. The van der Waals surface area contributed by atoms with Crippen LogP contribution in [0.25, 0.3) is 0 Å². The number of carbonyl (C=O) groups excluding carboxylic acids is 2. The first-order valence-electron chi connectivity index (χ1n) is 7.73. The van der Waals surface area contributed by atoms with Crippen LogP contribution in [-0.4, -0.2) is 30.6 Å². The van der Waals surface area contributed by atoms with E-state index < -0.39 is 0 Å². The van der Waals surface area contributed by atoms with Gasteiger partial charge in [0.1, 0.15) is 0 Å². The molecule has 1 aromatic carbocycles. The summed E-state index contributed by atoms with van der Waals surface area (Å²) in [6.45, 7) is 5.96. The van der Waals surface area contributed by atoms with Crippen molar-refractivity contribution < 1.29 is 14.1 Å². The Morgan fingerprint density at radius 2 is 1.96 bits per heavy atom. The summed E-state index contributed by atoms with van der Waals surface area (Å²) in [7, 11) is 1.54. The highest BCUT2D eigenvalue weighted by Gasteiger charge is 2.19. The predicted octanol–water partition coefficient (Wildman–Crippen LogP) is 3.04. The van der Waals surface area contributed by atoms with E-state index in [1.807, 2.05) is 20.8 Å². The van der Waals surface area contributed by atoms with Crippen molar-refractivity contribution >= 4 is 35.0 Å². The van der Waals surface area contributed by atoms with Crippen molar-refractivity contribution in [1.82, 2.24) is 10.5 Å². The molecule has 8 heteroatoms. The van der Waals surface area contributed by atoms with E-state index in [0.29, 0.717) is 16.3 Å². The summed E-state index contributed by atoms with van der Waals surface area (Å²) < 4.78 is 5.11. The zero-order chi connectivity index (χ0) is 18.6. The van der Waals surface area contributed by atoms with Crippen LogP contribution in [0.2, 0.25) is 5.02 Å². The summed E-state index contributed by atoms with van der Waals surface area (Å²) in [5.41, 5.74) is 1.52. The number of nitrogens with one attached hydrogen (secondary N) is 3. The smallest absolute Gasteiger partial charge is 0.251 e. The van der Waals surface area contributed by atoms with Gasteiger partial charge in [-0.05, 0) is 18.2 Å². The standard InChI is InChI=1S/C17H21ClN4O3/c1-17(2,3)13-8-15(25-22-13)21-14(23)9-20-12-7-10(16(24)19-4)5-6-11(12)18/h5-8,20H,9H2,1-4H3,(H,19,24)(H,21,23). The average molecular weight is 365 g/mol. The highest BCUT2D eigenvalue weighted by atomic mass is 35.5. The van der Waals surface area contributed by atoms with Crippen LogP contribution < -0.4 is 16.0 Å². The zero-order valence-electron chi connectivity index (χ0n) is 14.6. The Labute approximate surface area is 151 Å². The first kappa shape index (κ1) is 18.8. The summed E-state index contributed by atoms with van der Waals surface area (Å²) in [6.07, 6.45) is 0. The van der Waals surface area contributed by atoms with Gasteiger partial charge in [-0.15, -0.1) is 0 Å². The molecule has 0 aliphatic heterocycles. The summed E-state index contributed by atoms with van der Waals surface area (Å²) in [4.78, 5) is 23.7. The first-order valence-corrected chi connectivity index (χ1v) is 8.11. The largest absolute Gasteiger partial charge is 0.375 e. The molecule has 7 nitrogen and oxygen atoms in total. The second-order valence-corrected chi connectivity index (χ2v) is 6.91. The van der Waals surface area contributed by atoms with E-state index in [9.17, 15) is 9.59 Å². The van der Waals surface area contributed by atoms with Gasteiger partial charge in [0.05, 0.1) is 22.9 Å². The number of amides is 2. The van der Waals surface area contributed by atoms with Crippen LogP contribution in [0.3, 0.4) is 0 Å². The first-order chi connectivity index (χ1) is 11.7. The molecule has 0 spiro atoms. The van der Waals surface area contributed by atoms with Gasteiger partial charge >= 0.3 is 0 Å². The quantitative estimate of drug-likeness (QED) is 0.757. The molecule has 25 heavy (non-hydrogen) atoms. The summed E-state index contributed by atoms with van der Waals surface area (Å²) in [5.74, 6) is -0.277. The van der Waals surface area contributed by atoms with Crippen LogP contribution in [0, 0.1) is 0 Å². The van der Waals surface area contributed by atoms with Gasteiger partial charge in [0, 0.05) is 24.1 Å². The molecule has 0 atom stereocenters. The van der Waals surface area contributed by atoms with Gasteiger partial charge in [-0.2, -0.15) is 0 Å². The van der Waals surface area contributed by atoms with E-state index >= 15 is 0 Å². The lowest BCUT2D eigenvalue weighted by atomic mass is 9.92. The highest BCUT2D eigenvalue weighted by molar-refractivity contribution is 6.33. The zero-order valence-corrected chi connectivity index (χ0v) is 15.3. The summed E-state index contributed by atoms with van der Waals surface area (Å²) in [6, 6.07) is 6.48. The Morgan fingerprint density at radius 3 is 2.56 bits per heavy atom. The SMILES string of the molecule is CNC(=O)c1ccc(Cl)c(NCC(=O)Nc2cc(C(C)(C)C)no2)c1. The molecule has 0 unspecified atom stereocenters. The number of hydrogen-bond donors (Lipinski definition) is 3. The van der Waals surface area contributed by atoms with Crippen molar-refractivity contribution in [1.29, 1.82) is 0 Å². The summed E-state index contributed by atoms with van der Waals surface area (Å²) >= 11 is 6.09. The van der Waals surface area contributed by atoms with Crippen LogP contribution in [0.1, 0.15) is 36.8 Å². The van der Waals surface area contributed by atoms with Crippen LogP contribution in [0.5, 0.6) is 0 Å². The van der Waals surface area contributed by atoms with Crippen molar-refractivity contribution in [2.45, 2.75) is 26.2 Å². The average Bonchev–Trinajstić information content (AvgIpc) is 3.02. The van der Waals surface area contributed by atoms with Gasteiger partial charge in [-0.3, -0.25) is 14.9 Å². The van der Waals surface area contributed by atoms with Gasteiger partial charge in [0.25, 0.3) is 5.91 Å². The lowest BCUT2D eigenvalue weighted by Crippen LogP contribution is -2.22. The molecule has 1 heterocycles. The molecule has 0 aliphatic rings. The fraction of sp³-hybridized carbons (Fsp3) is 0.353. The number of rotatable bonds is 5. The van der Waals surface area contributed by atoms with Crippen molar-refractivity contribution in [3.05, 3.63) is 40.5 Å². The van der Waals surface area contributed by atoms with Gasteiger partial charge in [0.2, 0.25) is 11.8 Å². The third-order valence-corrected chi connectivity index (χ3v) is 3.77. The third-order valence-electron chi connectivity index (χ3n) is 3.44. The number of halogens is 1. The van der Waals surface area contributed by atoms with E-state index in [-0.39, 0.29) is 29.7 Å². The van der Waals surface area contributed by atoms with E-state index in [1.165, 1.54) is 0 Å². The van der Waals surface area contributed by atoms with Crippen LogP contribution >= 0.6 is 11.6 Å². The number of aromatic nitrogens is 1. The lowest BCUT2D eigenvalue weighted by molar-refractivity contribution is -0.114. The number of hydrogen-bond acceptors (Lipinski definition) is 5. The molecule has 0 fully saturated rings. The second kappa shape index (κ2) is 7.57. The van der Waals surface area contributed by atoms with Gasteiger partial charge in [-0.25, -0.2) is 0 Å². The molecule has 134 valence electrons. The van der Waals surface area contributed by atoms with Gasteiger partial charge in [-0.1, -0.05) is 37.5 Å². The number of benzene rings is 1. The molecule has 0 saturated heterocycles. The fourth-order valence-electron chi connectivity index (χ4n) is 1.99. The molecule has 1 aromatic heterocycles. The fourth-order valence-corrected chi connectivity index (χ4v) is 2.18. The van der Waals surface area contributed by atoms with Crippen molar-refractivity contribution in [3.8, 4) is 0 Å². The third kappa shape index (κ3) is 4.96. The molecule has 3 N–H and O–H groups in total. The Balaban J connectivity index is 1.98.